The third kappa shape index (κ3) is 2.33. The molecule has 4 heteroatoms. The van der Waals surface area contributed by atoms with Gasteiger partial charge in [0.25, 0.3) is 0 Å². The van der Waals surface area contributed by atoms with E-state index in [-0.39, 0.29) is 11.8 Å². The van der Waals surface area contributed by atoms with Crippen molar-refractivity contribution in [2.75, 3.05) is 26.3 Å². The molecule has 0 aromatic carbocycles. The summed E-state index contributed by atoms with van der Waals surface area (Å²) in [5.41, 5.74) is 0. The Balaban J connectivity index is 2.06. The molecule has 0 spiro atoms. The first-order valence-electron chi connectivity index (χ1n) is 5.72. The van der Waals surface area contributed by atoms with Gasteiger partial charge in [0.2, 0.25) is 5.78 Å². The quantitative estimate of drug-likeness (QED) is 0.727. The molecule has 2 rings (SSSR count). The number of rotatable bonds is 4. The van der Waals surface area contributed by atoms with Crippen LogP contribution >= 0.6 is 0 Å². The van der Waals surface area contributed by atoms with E-state index in [2.05, 4.69) is 4.90 Å². The maximum atomic E-state index is 12.2. The van der Waals surface area contributed by atoms with E-state index in [1.54, 1.807) is 18.4 Å². The Morgan fingerprint density at radius 2 is 2.25 bits per heavy atom. The first-order valence-corrected chi connectivity index (χ1v) is 5.72. The molecule has 4 nitrogen and oxygen atoms in total. The van der Waals surface area contributed by atoms with Crippen molar-refractivity contribution in [3.8, 4) is 0 Å². The van der Waals surface area contributed by atoms with Gasteiger partial charge < -0.3 is 9.15 Å². The van der Waals surface area contributed by atoms with Crippen molar-refractivity contribution >= 4 is 5.78 Å². The standard InChI is InChI=1S/C12H17NO3/c1-2-10(13-5-8-15-9-6-13)12(14)11-4-3-7-16-11/h3-4,7,10H,2,5-6,8-9H2,1H3. The number of hydrogen-bond acceptors (Lipinski definition) is 4. The fourth-order valence-electron chi connectivity index (χ4n) is 2.08. The third-order valence-corrected chi connectivity index (χ3v) is 2.94. The first kappa shape index (κ1) is 11.4. The lowest BCUT2D eigenvalue weighted by Crippen LogP contribution is -2.47. The molecule has 1 saturated heterocycles. The molecule has 0 aliphatic carbocycles. The highest BCUT2D eigenvalue weighted by Gasteiger charge is 2.27. The Morgan fingerprint density at radius 1 is 1.50 bits per heavy atom. The number of carbonyl (C=O) groups is 1. The molecule has 0 radical (unpaired) electrons. The smallest absolute Gasteiger partial charge is 0.215 e. The van der Waals surface area contributed by atoms with E-state index >= 15 is 0 Å². The molecule has 1 fully saturated rings. The molecule has 1 aromatic rings. The summed E-state index contributed by atoms with van der Waals surface area (Å²) in [5.74, 6) is 0.535. The number of hydrogen-bond donors (Lipinski definition) is 0. The summed E-state index contributed by atoms with van der Waals surface area (Å²) in [6.07, 6.45) is 2.35. The van der Waals surface area contributed by atoms with E-state index in [9.17, 15) is 4.79 Å². The number of ketones is 1. The summed E-state index contributed by atoms with van der Waals surface area (Å²) in [6.45, 7) is 5.10. The van der Waals surface area contributed by atoms with Crippen molar-refractivity contribution in [1.29, 1.82) is 0 Å². The Morgan fingerprint density at radius 3 is 2.81 bits per heavy atom. The molecular formula is C12H17NO3. The minimum atomic E-state index is -0.0740. The highest BCUT2D eigenvalue weighted by Crippen LogP contribution is 2.14. The van der Waals surface area contributed by atoms with Gasteiger partial charge >= 0.3 is 0 Å². The first-order chi connectivity index (χ1) is 7.83. The van der Waals surface area contributed by atoms with Gasteiger partial charge in [0.15, 0.2) is 5.76 Å². The van der Waals surface area contributed by atoms with Crippen LogP contribution in [0.2, 0.25) is 0 Å². The van der Waals surface area contributed by atoms with Crippen LogP contribution < -0.4 is 0 Å². The zero-order valence-corrected chi connectivity index (χ0v) is 9.52. The fourth-order valence-corrected chi connectivity index (χ4v) is 2.08. The van der Waals surface area contributed by atoms with E-state index in [0.29, 0.717) is 19.0 Å². The highest BCUT2D eigenvalue weighted by molar-refractivity contribution is 5.97. The van der Waals surface area contributed by atoms with Gasteiger partial charge in [-0.25, -0.2) is 0 Å². The van der Waals surface area contributed by atoms with Crippen LogP contribution in [0.4, 0.5) is 0 Å². The van der Waals surface area contributed by atoms with Crippen molar-refractivity contribution < 1.29 is 13.9 Å². The van der Waals surface area contributed by atoms with Gasteiger partial charge in [-0.1, -0.05) is 6.92 Å². The predicted molar refractivity (Wildman–Crippen MR) is 59.5 cm³/mol. The second kappa shape index (κ2) is 5.27. The Kier molecular flexibility index (Phi) is 3.74. The van der Waals surface area contributed by atoms with E-state index in [0.717, 1.165) is 19.5 Å². The molecule has 0 N–H and O–H groups in total. The third-order valence-electron chi connectivity index (χ3n) is 2.94. The normalized spacial score (nSPS) is 19.6. The largest absolute Gasteiger partial charge is 0.461 e. The van der Waals surface area contributed by atoms with Gasteiger partial charge in [0.05, 0.1) is 25.5 Å². The maximum absolute atomic E-state index is 12.2. The maximum Gasteiger partial charge on any atom is 0.215 e. The molecule has 16 heavy (non-hydrogen) atoms. The number of ether oxygens (including phenoxy) is 1. The molecule has 88 valence electrons. The molecule has 0 bridgehead atoms. The Bertz CT molecular complexity index is 328. The molecule has 0 saturated carbocycles. The average molecular weight is 223 g/mol. The molecule has 1 atom stereocenters. The van der Waals surface area contributed by atoms with Crippen molar-refractivity contribution in [3.63, 3.8) is 0 Å². The van der Waals surface area contributed by atoms with Crippen LogP contribution in [0.1, 0.15) is 23.9 Å². The molecule has 1 aliphatic heterocycles. The molecule has 0 amide bonds. The lowest BCUT2D eigenvalue weighted by molar-refractivity contribution is 0.0162. The van der Waals surface area contributed by atoms with Crippen LogP contribution in [0, 0.1) is 0 Å². The van der Waals surface area contributed by atoms with E-state index in [1.807, 2.05) is 6.92 Å². The Labute approximate surface area is 95.2 Å². The van der Waals surface area contributed by atoms with Crippen molar-refractivity contribution in [3.05, 3.63) is 24.2 Å². The lowest BCUT2D eigenvalue weighted by Gasteiger charge is -2.32. The van der Waals surface area contributed by atoms with Crippen LogP contribution in [0.5, 0.6) is 0 Å². The fraction of sp³-hybridized carbons (Fsp3) is 0.583. The SMILES string of the molecule is CCC(C(=O)c1ccco1)N1CCOCC1. The van der Waals surface area contributed by atoms with Crippen LogP contribution in [0.3, 0.4) is 0 Å². The van der Waals surface area contributed by atoms with Gasteiger partial charge in [-0.2, -0.15) is 0 Å². The van der Waals surface area contributed by atoms with Crippen molar-refractivity contribution in [2.24, 2.45) is 0 Å². The summed E-state index contributed by atoms with van der Waals surface area (Å²) in [7, 11) is 0. The number of carbonyl (C=O) groups excluding carboxylic acids is 1. The van der Waals surface area contributed by atoms with Crippen LogP contribution in [0.15, 0.2) is 22.8 Å². The minimum absolute atomic E-state index is 0.0740. The number of furan rings is 1. The number of morpholine rings is 1. The van der Waals surface area contributed by atoms with Crippen molar-refractivity contribution in [1.82, 2.24) is 4.90 Å². The summed E-state index contributed by atoms with van der Waals surface area (Å²) in [4.78, 5) is 14.3. The lowest BCUT2D eigenvalue weighted by atomic mass is 10.1. The molecule has 1 aromatic heterocycles. The zero-order valence-electron chi connectivity index (χ0n) is 9.52. The van der Waals surface area contributed by atoms with Gasteiger partial charge in [0, 0.05) is 13.1 Å². The van der Waals surface area contributed by atoms with Gasteiger partial charge in [-0.3, -0.25) is 9.69 Å². The highest BCUT2D eigenvalue weighted by atomic mass is 16.5. The minimum Gasteiger partial charge on any atom is -0.461 e. The molecular weight excluding hydrogens is 206 g/mol. The predicted octanol–water partition coefficient (Wildman–Crippen LogP) is 1.57. The summed E-state index contributed by atoms with van der Waals surface area (Å²) < 4.78 is 10.4. The van der Waals surface area contributed by atoms with Crippen LogP contribution in [-0.4, -0.2) is 43.0 Å². The van der Waals surface area contributed by atoms with Gasteiger partial charge in [-0.05, 0) is 18.6 Å². The molecule has 1 aliphatic rings. The molecule has 2 heterocycles. The van der Waals surface area contributed by atoms with Crippen LogP contribution in [0.25, 0.3) is 0 Å². The monoisotopic (exact) mass is 223 g/mol. The zero-order chi connectivity index (χ0) is 11.4. The van der Waals surface area contributed by atoms with Crippen molar-refractivity contribution in [2.45, 2.75) is 19.4 Å². The second-order valence-electron chi connectivity index (χ2n) is 3.91. The van der Waals surface area contributed by atoms with Gasteiger partial charge in [-0.15, -0.1) is 0 Å². The topological polar surface area (TPSA) is 42.7 Å². The summed E-state index contributed by atoms with van der Waals surface area (Å²) in [5, 5.41) is 0. The number of Topliss-reactive ketones (excluding diaryl/α,β-unsaturated/α-hetero) is 1. The number of nitrogens with zero attached hydrogens (tertiary/aromatic N) is 1. The Hall–Kier alpha value is -1.13. The van der Waals surface area contributed by atoms with E-state index < -0.39 is 0 Å². The molecule has 1 unspecified atom stereocenters. The van der Waals surface area contributed by atoms with E-state index in [1.165, 1.54) is 0 Å². The van der Waals surface area contributed by atoms with E-state index in [4.69, 9.17) is 9.15 Å². The van der Waals surface area contributed by atoms with Crippen LogP contribution in [-0.2, 0) is 4.74 Å². The summed E-state index contributed by atoms with van der Waals surface area (Å²) >= 11 is 0. The van der Waals surface area contributed by atoms with Gasteiger partial charge in [0.1, 0.15) is 0 Å². The summed E-state index contributed by atoms with van der Waals surface area (Å²) in [6, 6.07) is 3.40. The average Bonchev–Trinajstić information content (AvgIpc) is 2.85. The second-order valence-corrected chi connectivity index (χ2v) is 3.91.